The SMILES string of the molecule is CC.CC(C)C(C)C.CCC.[CH3-].[Y].[Y].[Y].[Y]. The van der Waals surface area contributed by atoms with Crippen molar-refractivity contribution < 1.29 is 131 Å². The van der Waals surface area contributed by atoms with Gasteiger partial charge in [0.25, 0.3) is 0 Å². The van der Waals surface area contributed by atoms with Gasteiger partial charge in [-0.25, -0.2) is 0 Å². The van der Waals surface area contributed by atoms with Gasteiger partial charge in [0.15, 0.2) is 0 Å². The maximum absolute atomic E-state index is 2.24. The Balaban J connectivity index is -0.00000000967. The molecule has 0 atom stereocenters. The maximum Gasteiger partial charge on any atom is 0 e. The molecule has 0 aliphatic heterocycles. The Morgan fingerprint density at radius 2 is 0.688 bits per heavy atom. The van der Waals surface area contributed by atoms with Gasteiger partial charge in [-0.2, -0.15) is 0 Å². The molecule has 4 radical (unpaired) electrons. The minimum Gasteiger partial charge on any atom is -0.358 e. The normalized spacial score (nSPS) is 5.62. The molecule has 0 saturated carbocycles. The first-order valence-corrected chi connectivity index (χ1v) is 5.06. The van der Waals surface area contributed by atoms with E-state index in [4.69, 9.17) is 0 Å². The zero-order valence-corrected chi connectivity index (χ0v) is 24.5. The summed E-state index contributed by atoms with van der Waals surface area (Å²) >= 11 is 0. The molecule has 0 nitrogen and oxygen atoms in total. The standard InChI is InChI=1S/C6H14.C3H8.C2H6.CH3.4Y/c1-5(2)6(3)4;1-3-2;1-2;;;;;/h5-6H,1-4H3;3H2,1-2H3;1-2H3;1H3;;;;/q;;;-1;;;;. The molecule has 4 heteroatoms. The van der Waals surface area contributed by atoms with Gasteiger partial charge in [0, 0.05) is 131 Å². The summed E-state index contributed by atoms with van der Waals surface area (Å²) in [5.74, 6) is 1.70. The van der Waals surface area contributed by atoms with E-state index in [-0.39, 0.29) is 138 Å². The third kappa shape index (κ3) is 78.9. The molecule has 0 aromatic heterocycles. The van der Waals surface area contributed by atoms with Crippen LogP contribution >= 0.6 is 0 Å². The van der Waals surface area contributed by atoms with E-state index in [9.17, 15) is 0 Å². The largest absolute Gasteiger partial charge is 0.358 e. The van der Waals surface area contributed by atoms with Crippen LogP contribution in [0.4, 0.5) is 0 Å². The molecule has 0 rings (SSSR count). The van der Waals surface area contributed by atoms with Gasteiger partial charge in [0.2, 0.25) is 0 Å². The average Bonchev–Trinajstić information content (AvgIpc) is 1.93. The van der Waals surface area contributed by atoms with Crippen molar-refractivity contribution in [1.82, 2.24) is 0 Å². The Morgan fingerprint density at radius 1 is 0.625 bits per heavy atom. The van der Waals surface area contributed by atoms with E-state index >= 15 is 0 Å². The Morgan fingerprint density at radius 3 is 0.688 bits per heavy atom. The van der Waals surface area contributed by atoms with E-state index in [2.05, 4.69) is 41.5 Å². The van der Waals surface area contributed by atoms with Crippen molar-refractivity contribution in [2.75, 3.05) is 0 Å². The van der Waals surface area contributed by atoms with Gasteiger partial charge < -0.3 is 7.43 Å². The van der Waals surface area contributed by atoms with E-state index in [0.29, 0.717) is 0 Å². The second kappa shape index (κ2) is 50.5. The fourth-order valence-electron chi connectivity index (χ4n) is 0. The fraction of sp³-hybridized carbons (Fsp3) is 0.917. The summed E-state index contributed by atoms with van der Waals surface area (Å²) in [4.78, 5) is 0. The van der Waals surface area contributed by atoms with E-state index < -0.39 is 0 Å². The molecule has 0 saturated heterocycles. The summed E-state index contributed by atoms with van der Waals surface area (Å²) < 4.78 is 0. The molecule has 0 aromatic rings. The molecule has 0 amide bonds. The summed E-state index contributed by atoms with van der Waals surface area (Å²) in [5, 5.41) is 0. The van der Waals surface area contributed by atoms with Gasteiger partial charge in [0.1, 0.15) is 0 Å². The predicted molar refractivity (Wildman–Crippen MR) is 63.4 cm³/mol. The summed E-state index contributed by atoms with van der Waals surface area (Å²) in [7, 11) is 0. The van der Waals surface area contributed by atoms with Crippen molar-refractivity contribution in [3.05, 3.63) is 7.43 Å². The van der Waals surface area contributed by atoms with Gasteiger partial charge in [-0.05, 0) is 11.8 Å². The van der Waals surface area contributed by atoms with Gasteiger partial charge in [-0.15, -0.1) is 0 Å². The Bertz CT molecular complexity index is 42.3. The van der Waals surface area contributed by atoms with Crippen molar-refractivity contribution in [3.8, 4) is 0 Å². The van der Waals surface area contributed by atoms with E-state index in [0.717, 1.165) is 11.8 Å². The summed E-state index contributed by atoms with van der Waals surface area (Å²) in [6.07, 6.45) is 1.25. The smallest absolute Gasteiger partial charge is 0 e. The molecule has 92 valence electrons. The van der Waals surface area contributed by atoms with Crippen LogP contribution in [-0.4, -0.2) is 0 Å². The average molecular weight is 531 g/mol. The van der Waals surface area contributed by atoms with Crippen LogP contribution < -0.4 is 0 Å². The summed E-state index contributed by atoms with van der Waals surface area (Å²) in [5.41, 5.74) is 0. The molecule has 0 aliphatic rings. The molecule has 0 bridgehead atoms. The zero-order valence-electron chi connectivity index (χ0n) is 13.2. The van der Waals surface area contributed by atoms with Crippen LogP contribution in [0.25, 0.3) is 0 Å². The van der Waals surface area contributed by atoms with Crippen molar-refractivity contribution in [2.24, 2.45) is 11.8 Å². The molecule has 0 N–H and O–H groups in total. The van der Waals surface area contributed by atoms with Gasteiger partial charge in [-0.3, -0.25) is 0 Å². The molecule has 0 aliphatic carbocycles. The van der Waals surface area contributed by atoms with Crippen molar-refractivity contribution >= 4 is 0 Å². The maximum atomic E-state index is 2.24. The van der Waals surface area contributed by atoms with Gasteiger partial charge in [-0.1, -0.05) is 61.8 Å². The number of rotatable bonds is 1. The number of hydrogen-bond donors (Lipinski definition) is 0. The summed E-state index contributed by atoms with van der Waals surface area (Å²) in [6, 6.07) is 0. The quantitative estimate of drug-likeness (QED) is 0.410. The fourth-order valence-corrected chi connectivity index (χ4v) is 0. The van der Waals surface area contributed by atoms with E-state index in [1.54, 1.807) is 0 Å². The van der Waals surface area contributed by atoms with Crippen molar-refractivity contribution in [3.63, 3.8) is 0 Å². The van der Waals surface area contributed by atoms with Gasteiger partial charge in [0.05, 0.1) is 0 Å². The van der Waals surface area contributed by atoms with Crippen LogP contribution in [-0.2, 0) is 131 Å². The minimum atomic E-state index is 0. The molecule has 16 heavy (non-hydrogen) atoms. The van der Waals surface area contributed by atoms with Crippen LogP contribution in [0.5, 0.6) is 0 Å². The Labute approximate surface area is 207 Å². The summed E-state index contributed by atoms with van der Waals surface area (Å²) in [6.45, 7) is 17.2. The second-order valence-electron chi connectivity index (χ2n) is 3.20. The Hall–Kier alpha value is 4.42. The van der Waals surface area contributed by atoms with Gasteiger partial charge >= 0.3 is 0 Å². The monoisotopic (exact) mass is 531 g/mol. The molecule has 0 unspecified atom stereocenters. The van der Waals surface area contributed by atoms with Crippen LogP contribution in [0.1, 0.15) is 61.8 Å². The molecular formula is C12H31Y4-. The molecular weight excluding hydrogens is 500 g/mol. The molecule has 0 aromatic carbocycles. The van der Waals surface area contributed by atoms with E-state index in [1.165, 1.54) is 6.42 Å². The first-order chi connectivity index (χ1) is 5.06. The topological polar surface area (TPSA) is 0 Å². The number of hydrogen-bond acceptors (Lipinski definition) is 0. The van der Waals surface area contributed by atoms with Crippen LogP contribution in [0.2, 0.25) is 0 Å². The third-order valence-corrected chi connectivity index (χ3v) is 1.33. The second-order valence-corrected chi connectivity index (χ2v) is 3.20. The molecule has 0 heterocycles. The van der Waals surface area contributed by atoms with Crippen molar-refractivity contribution in [1.29, 1.82) is 0 Å². The predicted octanol–water partition coefficient (Wildman–Crippen LogP) is 5.18. The van der Waals surface area contributed by atoms with Crippen molar-refractivity contribution in [2.45, 2.75) is 61.8 Å². The minimum absolute atomic E-state index is 0. The third-order valence-electron chi connectivity index (χ3n) is 1.33. The molecule has 0 spiro atoms. The molecule has 0 fully saturated rings. The van der Waals surface area contributed by atoms with E-state index in [1.807, 2.05) is 13.8 Å². The van der Waals surface area contributed by atoms with Crippen LogP contribution in [0.15, 0.2) is 0 Å². The zero-order chi connectivity index (χ0) is 9.86. The van der Waals surface area contributed by atoms with Crippen LogP contribution in [0, 0.1) is 19.3 Å². The van der Waals surface area contributed by atoms with Crippen LogP contribution in [0.3, 0.4) is 0 Å². The first-order valence-electron chi connectivity index (χ1n) is 5.06. The Kier molecular flexibility index (Phi) is 158. The first kappa shape index (κ1) is 49.9.